The average molecular weight is 487 g/mol. The number of aryl methyl sites for hydroxylation is 1. The number of aromatic nitrogens is 2. The number of amides is 1. The molecule has 0 spiro atoms. The molecule has 1 saturated heterocycles. The number of nitrogens with zero attached hydrogens (tertiary/aromatic N) is 4. The van der Waals surface area contributed by atoms with Gasteiger partial charge in [-0.3, -0.25) is 4.79 Å². The number of para-hydroxylation sites is 1. The van der Waals surface area contributed by atoms with E-state index >= 15 is 0 Å². The number of ether oxygens (including phenoxy) is 1. The van der Waals surface area contributed by atoms with Gasteiger partial charge in [0.05, 0.1) is 17.2 Å². The van der Waals surface area contributed by atoms with E-state index in [0.29, 0.717) is 11.5 Å². The molecule has 180 valence electrons. The molecule has 0 N–H and O–H groups in total. The fraction of sp³-hybridized carbons (Fsp3) is 0.321. The van der Waals surface area contributed by atoms with Gasteiger partial charge < -0.3 is 9.64 Å². The van der Waals surface area contributed by atoms with Crippen molar-refractivity contribution in [2.75, 3.05) is 19.7 Å². The monoisotopic (exact) mass is 486 g/mol. The van der Waals surface area contributed by atoms with Gasteiger partial charge in [0.15, 0.2) is 5.17 Å². The van der Waals surface area contributed by atoms with Crippen LogP contribution in [0.15, 0.2) is 64.6 Å². The quantitative estimate of drug-likeness (QED) is 0.395. The fourth-order valence-corrected chi connectivity index (χ4v) is 5.32. The zero-order chi connectivity index (χ0) is 24.2. The van der Waals surface area contributed by atoms with Gasteiger partial charge in [0.25, 0.3) is 5.91 Å². The first-order chi connectivity index (χ1) is 17.1. The van der Waals surface area contributed by atoms with Crippen molar-refractivity contribution >= 4 is 28.9 Å². The Kier molecular flexibility index (Phi) is 7.04. The van der Waals surface area contributed by atoms with Crippen molar-refractivity contribution in [2.45, 2.75) is 39.5 Å². The van der Waals surface area contributed by atoms with Crippen molar-refractivity contribution in [1.82, 2.24) is 14.7 Å². The second-order valence-corrected chi connectivity index (χ2v) is 9.91. The fourth-order valence-electron chi connectivity index (χ4n) is 4.36. The summed E-state index contributed by atoms with van der Waals surface area (Å²) in [6.45, 7) is 6.78. The third kappa shape index (κ3) is 5.20. The highest BCUT2D eigenvalue weighted by Gasteiger charge is 2.27. The van der Waals surface area contributed by atoms with Crippen molar-refractivity contribution in [3.8, 4) is 22.7 Å². The minimum Gasteiger partial charge on any atom is -0.493 e. The Morgan fingerprint density at radius 1 is 1.09 bits per heavy atom. The predicted molar refractivity (Wildman–Crippen MR) is 143 cm³/mol. The van der Waals surface area contributed by atoms with Gasteiger partial charge in [-0.2, -0.15) is 10.1 Å². The highest BCUT2D eigenvalue weighted by atomic mass is 32.2. The van der Waals surface area contributed by atoms with E-state index in [2.05, 4.69) is 29.8 Å². The van der Waals surface area contributed by atoms with Crippen molar-refractivity contribution in [1.29, 1.82) is 0 Å². The number of thioether (sulfide) groups is 1. The molecule has 3 heterocycles. The second-order valence-electron chi connectivity index (χ2n) is 8.90. The van der Waals surface area contributed by atoms with Crippen LogP contribution in [0.3, 0.4) is 0 Å². The molecular formula is C28H30N4O2S. The summed E-state index contributed by atoms with van der Waals surface area (Å²) in [7, 11) is 0. The van der Waals surface area contributed by atoms with Crippen molar-refractivity contribution in [3.63, 3.8) is 0 Å². The minimum atomic E-state index is -0.173. The number of amidine groups is 1. The van der Waals surface area contributed by atoms with E-state index < -0.39 is 0 Å². The lowest BCUT2D eigenvalue weighted by Gasteiger charge is -2.27. The number of rotatable bonds is 6. The summed E-state index contributed by atoms with van der Waals surface area (Å²) in [5.74, 6) is 0.715. The summed E-state index contributed by atoms with van der Waals surface area (Å²) in [5.41, 5.74) is 4.73. The van der Waals surface area contributed by atoms with Gasteiger partial charge in [0, 0.05) is 30.4 Å². The van der Waals surface area contributed by atoms with Crippen LogP contribution in [0.5, 0.6) is 5.75 Å². The largest absolute Gasteiger partial charge is 0.493 e. The third-order valence-corrected chi connectivity index (χ3v) is 7.24. The average Bonchev–Trinajstić information content (AvgIpc) is 3.48. The highest BCUT2D eigenvalue weighted by molar-refractivity contribution is 8.18. The van der Waals surface area contributed by atoms with E-state index in [1.807, 2.05) is 59.4 Å². The molecule has 0 aliphatic carbocycles. The van der Waals surface area contributed by atoms with Crippen LogP contribution in [-0.2, 0) is 4.79 Å². The van der Waals surface area contributed by atoms with Crippen LogP contribution in [0.2, 0.25) is 0 Å². The third-order valence-electron chi connectivity index (χ3n) is 6.20. The molecule has 3 aromatic rings. The molecule has 5 rings (SSSR count). The van der Waals surface area contributed by atoms with E-state index in [1.54, 1.807) is 0 Å². The number of hydrogen-bond acceptors (Lipinski definition) is 5. The summed E-state index contributed by atoms with van der Waals surface area (Å²) in [6.07, 6.45) is 8.44. The molecule has 7 heteroatoms. The van der Waals surface area contributed by atoms with Gasteiger partial charge in [0.2, 0.25) is 0 Å². The van der Waals surface area contributed by atoms with E-state index in [1.165, 1.54) is 18.2 Å². The highest BCUT2D eigenvalue weighted by Crippen LogP contribution is 2.35. The van der Waals surface area contributed by atoms with Crippen LogP contribution < -0.4 is 4.74 Å². The zero-order valence-electron chi connectivity index (χ0n) is 20.2. The Morgan fingerprint density at radius 2 is 1.89 bits per heavy atom. The topological polar surface area (TPSA) is 59.7 Å². The second kappa shape index (κ2) is 10.5. The summed E-state index contributed by atoms with van der Waals surface area (Å²) in [4.78, 5) is 20.0. The lowest BCUT2D eigenvalue weighted by atomic mass is 10.0. The molecule has 2 aliphatic heterocycles. The number of aliphatic imine (C=N–C) groups is 1. The van der Waals surface area contributed by atoms with Crippen molar-refractivity contribution in [3.05, 3.63) is 70.8 Å². The smallest absolute Gasteiger partial charge is 0.286 e. The number of benzene rings is 2. The summed E-state index contributed by atoms with van der Waals surface area (Å²) in [6, 6.07) is 16.2. The molecule has 6 nitrogen and oxygen atoms in total. The lowest BCUT2D eigenvalue weighted by molar-refractivity contribution is -0.113. The number of carbonyl (C=O) groups excluding carboxylic acids is 1. The molecule has 1 aromatic heterocycles. The van der Waals surface area contributed by atoms with Crippen LogP contribution >= 0.6 is 11.8 Å². The molecule has 2 aromatic carbocycles. The molecule has 1 fully saturated rings. The van der Waals surface area contributed by atoms with Crippen LogP contribution in [0, 0.1) is 6.92 Å². The van der Waals surface area contributed by atoms with Crippen LogP contribution in [0.4, 0.5) is 0 Å². The summed E-state index contributed by atoms with van der Waals surface area (Å²) in [5, 5.41) is 5.75. The molecule has 0 radical (unpaired) electrons. The Hall–Kier alpha value is -3.32. The number of piperidine rings is 1. The molecule has 2 aliphatic rings. The Bertz CT molecular complexity index is 1270. The van der Waals surface area contributed by atoms with Gasteiger partial charge >= 0.3 is 0 Å². The van der Waals surface area contributed by atoms with E-state index in [9.17, 15) is 4.79 Å². The van der Waals surface area contributed by atoms with Crippen LogP contribution in [0.25, 0.3) is 23.0 Å². The van der Waals surface area contributed by atoms with Gasteiger partial charge in [-0.05, 0) is 86.3 Å². The van der Waals surface area contributed by atoms with Gasteiger partial charge in [0.1, 0.15) is 11.4 Å². The SMILES string of the molecule is CCCOc1ccc(-c2nn(-c3ccccc3)cc2C=C2SC(N3CCCCC3)=NC2=O)cc1C. The van der Waals surface area contributed by atoms with Crippen molar-refractivity contribution < 1.29 is 9.53 Å². The van der Waals surface area contributed by atoms with Crippen molar-refractivity contribution in [2.24, 2.45) is 4.99 Å². The number of hydrogen-bond donors (Lipinski definition) is 0. The van der Waals surface area contributed by atoms with Crippen LogP contribution in [-0.4, -0.2) is 45.5 Å². The van der Waals surface area contributed by atoms with Crippen LogP contribution in [0.1, 0.15) is 43.7 Å². The Morgan fingerprint density at radius 3 is 2.63 bits per heavy atom. The molecule has 35 heavy (non-hydrogen) atoms. The summed E-state index contributed by atoms with van der Waals surface area (Å²) < 4.78 is 7.74. The summed E-state index contributed by atoms with van der Waals surface area (Å²) >= 11 is 1.47. The maximum atomic E-state index is 12.8. The maximum Gasteiger partial charge on any atom is 0.286 e. The first-order valence-electron chi connectivity index (χ1n) is 12.3. The standard InChI is InChI=1S/C28H30N4O2S/c1-3-16-34-24-13-12-21(17-20(24)2)26-22(19-32(30-26)23-10-6-4-7-11-23)18-25-27(33)29-28(35-25)31-14-8-5-9-15-31/h4,6-7,10-13,17-19H,3,5,8-9,14-16H2,1-2H3. The lowest BCUT2D eigenvalue weighted by Crippen LogP contribution is -2.33. The number of carbonyl (C=O) groups is 1. The first kappa shape index (κ1) is 23.4. The van der Waals surface area contributed by atoms with Gasteiger partial charge in [-0.15, -0.1) is 0 Å². The molecule has 1 amide bonds. The molecule has 0 unspecified atom stereocenters. The zero-order valence-corrected chi connectivity index (χ0v) is 21.1. The Balaban J connectivity index is 1.50. The number of likely N-dealkylation sites (tertiary alicyclic amines) is 1. The maximum absolute atomic E-state index is 12.8. The Labute approximate surface area is 210 Å². The van der Waals surface area contributed by atoms with E-state index in [4.69, 9.17) is 9.84 Å². The van der Waals surface area contributed by atoms with E-state index in [0.717, 1.165) is 71.3 Å². The van der Waals surface area contributed by atoms with Gasteiger partial charge in [-0.25, -0.2) is 4.68 Å². The molecule has 0 saturated carbocycles. The normalized spacial score (nSPS) is 17.2. The minimum absolute atomic E-state index is 0.173. The molecule has 0 atom stereocenters. The van der Waals surface area contributed by atoms with E-state index in [-0.39, 0.29) is 5.91 Å². The molecule has 0 bridgehead atoms. The first-order valence-corrected chi connectivity index (χ1v) is 13.1. The molecular weight excluding hydrogens is 456 g/mol. The predicted octanol–water partition coefficient (Wildman–Crippen LogP) is 6.09. The van der Waals surface area contributed by atoms with Gasteiger partial charge in [-0.1, -0.05) is 25.1 Å².